The van der Waals surface area contributed by atoms with Gasteiger partial charge in [0, 0.05) is 22.6 Å². The summed E-state index contributed by atoms with van der Waals surface area (Å²) in [7, 11) is 0. The molecule has 0 bridgehead atoms. The Morgan fingerprint density at radius 3 is 2.90 bits per heavy atom. The van der Waals surface area contributed by atoms with Gasteiger partial charge in [-0.15, -0.1) is 11.3 Å². The molecule has 1 heterocycles. The topological polar surface area (TPSA) is 49.3 Å². The normalized spacial score (nSPS) is 20.3. The number of aliphatic hydroxyl groups excluding tert-OH is 1. The summed E-state index contributed by atoms with van der Waals surface area (Å²) >= 11 is 1.73. The van der Waals surface area contributed by atoms with Crippen LogP contribution in [0.2, 0.25) is 0 Å². The smallest absolute Gasteiger partial charge is 0.220 e. The summed E-state index contributed by atoms with van der Waals surface area (Å²) in [5.41, 5.74) is 2.18. The average molecular weight is 301 g/mol. The average Bonchev–Trinajstić information content (AvgIpc) is 3.01. The summed E-state index contributed by atoms with van der Waals surface area (Å²) in [6.07, 6.45) is 1.32. The molecule has 0 fully saturated rings. The maximum atomic E-state index is 12.1. The van der Waals surface area contributed by atoms with E-state index in [2.05, 4.69) is 24.4 Å². The molecular weight excluding hydrogens is 282 g/mol. The SMILES string of the molecule is Cc1ccc(CCC(=O)N[C@@H]2c3ccccc3C[C@@H]2O)s1. The summed E-state index contributed by atoms with van der Waals surface area (Å²) in [5, 5.41) is 13.1. The molecule has 2 N–H and O–H groups in total. The molecule has 1 aromatic heterocycles. The zero-order valence-corrected chi connectivity index (χ0v) is 12.8. The Hall–Kier alpha value is -1.65. The number of rotatable bonds is 4. The molecule has 0 spiro atoms. The third kappa shape index (κ3) is 3.17. The highest BCUT2D eigenvalue weighted by atomic mass is 32.1. The lowest BCUT2D eigenvalue weighted by Crippen LogP contribution is -2.33. The predicted octanol–water partition coefficient (Wildman–Crippen LogP) is 2.76. The highest BCUT2D eigenvalue weighted by molar-refractivity contribution is 7.11. The van der Waals surface area contributed by atoms with Crippen LogP contribution in [0.25, 0.3) is 0 Å². The minimum Gasteiger partial charge on any atom is -0.390 e. The Labute approximate surface area is 128 Å². The second-order valence-corrected chi connectivity index (χ2v) is 6.90. The van der Waals surface area contributed by atoms with Gasteiger partial charge in [0.25, 0.3) is 0 Å². The lowest BCUT2D eigenvalue weighted by Gasteiger charge is -2.17. The van der Waals surface area contributed by atoms with Gasteiger partial charge in [0.05, 0.1) is 12.1 Å². The van der Waals surface area contributed by atoms with Crippen molar-refractivity contribution >= 4 is 17.2 Å². The van der Waals surface area contributed by atoms with Crippen LogP contribution in [0.3, 0.4) is 0 Å². The monoisotopic (exact) mass is 301 g/mol. The van der Waals surface area contributed by atoms with E-state index < -0.39 is 6.10 Å². The fourth-order valence-corrected chi connectivity index (χ4v) is 3.74. The highest BCUT2D eigenvalue weighted by Crippen LogP contribution is 2.31. The van der Waals surface area contributed by atoms with Crippen molar-refractivity contribution in [2.24, 2.45) is 0 Å². The van der Waals surface area contributed by atoms with E-state index in [0.29, 0.717) is 12.8 Å². The van der Waals surface area contributed by atoms with Gasteiger partial charge >= 0.3 is 0 Å². The van der Waals surface area contributed by atoms with Crippen molar-refractivity contribution in [3.05, 3.63) is 57.3 Å². The minimum atomic E-state index is -0.518. The summed E-state index contributed by atoms with van der Waals surface area (Å²) in [6.45, 7) is 2.07. The van der Waals surface area contributed by atoms with Gasteiger partial charge in [-0.25, -0.2) is 0 Å². The molecule has 2 atom stereocenters. The van der Waals surface area contributed by atoms with E-state index in [1.165, 1.54) is 9.75 Å². The van der Waals surface area contributed by atoms with Gasteiger partial charge in [-0.3, -0.25) is 4.79 Å². The number of aryl methyl sites for hydroxylation is 2. The number of benzene rings is 1. The van der Waals surface area contributed by atoms with Crippen LogP contribution >= 0.6 is 11.3 Å². The van der Waals surface area contributed by atoms with Crippen molar-refractivity contribution in [2.75, 3.05) is 0 Å². The van der Waals surface area contributed by atoms with Crippen LogP contribution in [0.5, 0.6) is 0 Å². The zero-order chi connectivity index (χ0) is 14.8. The number of carbonyl (C=O) groups excluding carboxylic acids is 1. The van der Waals surface area contributed by atoms with Crippen LogP contribution in [0.1, 0.15) is 33.3 Å². The van der Waals surface area contributed by atoms with Gasteiger partial charge in [0.2, 0.25) is 5.91 Å². The molecule has 1 aliphatic carbocycles. The third-order valence-electron chi connectivity index (χ3n) is 3.91. The van der Waals surface area contributed by atoms with Crippen molar-refractivity contribution in [1.82, 2.24) is 5.32 Å². The Morgan fingerprint density at radius 1 is 1.33 bits per heavy atom. The van der Waals surface area contributed by atoms with Crippen molar-refractivity contribution in [3.63, 3.8) is 0 Å². The molecule has 1 aliphatic rings. The number of nitrogens with one attached hydrogen (secondary N) is 1. The van der Waals surface area contributed by atoms with Crippen LogP contribution in [0.15, 0.2) is 36.4 Å². The van der Waals surface area contributed by atoms with E-state index in [0.717, 1.165) is 17.5 Å². The maximum Gasteiger partial charge on any atom is 0.220 e. The lowest BCUT2D eigenvalue weighted by atomic mass is 10.1. The molecule has 21 heavy (non-hydrogen) atoms. The Morgan fingerprint density at radius 2 is 2.14 bits per heavy atom. The fourth-order valence-electron chi connectivity index (χ4n) is 2.85. The largest absolute Gasteiger partial charge is 0.390 e. The summed E-state index contributed by atoms with van der Waals surface area (Å²) < 4.78 is 0. The van der Waals surface area contributed by atoms with Crippen LogP contribution in [0.4, 0.5) is 0 Å². The van der Waals surface area contributed by atoms with Gasteiger partial charge in [-0.1, -0.05) is 24.3 Å². The molecule has 3 rings (SSSR count). The van der Waals surface area contributed by atoms with E-state index in [1.54, 1.807) is 11.3 Å². The van der Waals surface area contributed by atoms with Crippen molar-refractivity contribution in [2.45, 2.75) is 38.3 Å². The maximum absolute atomic E-state index is 12.1. The van der Waals surface area contributed by atoms with Gasteiger partial charge in [0.1, 0.15) is 0 Å². The van der Waals surface area contributed by atoms with Crippen LogP contribution < -0.4 is 5.32 Å². The molecule has 4 heteroatoms. The molecule has 0 saturated heterocycles. The number of aliphatic hydroxyl groups is 1. The number of hydrogen-bond acceptors (Lipinski definition) is 3. The number of fused-ring (bicyclic) bond motifs is 1. The van der Waals surface area contributed by atoms with E-state index in [-0.39, 0.29) is 11.9 Å². The first-order valence-corrected chi connectivity index (χ1v) is 8.05. The minimum absolute atomic E-state index is 0.00167. The predicted molar refractivity (Wildman–Crippen MR) is 84.4 cm³/mol. The van der Waals surface area contributed by atoms with Crippen molar-refractivity contribution in [3.8, 4) is 0 Å². The Balaban J connectivity index is 1.60. The van der Waals surface area contributed by atoms with E-state index >= 15 is 0 Å². The summed E-state index contributed by atoms with van der Waals surface area (Å²) in [5.74, 6) is 0.00167. The highest BCUT2D eigenvalue weighted by Gasteiger charge is 2.31. The fraction of sp³-hybridized carbons (Fsp3) is 0.353. The van der Waals surface area contributed by atoms with E-state index in [4.69, 9.17) is 0 Å². The summed E-state index contributed by atoms with van der Waals surface area (Å²) in [4.78, 5) is 14.6. The molecular formula is C17H19NO2S. The molecule has 1 aromatic carbocycles. The third-order valence-corrected chi connectivity index (χ3v) is 4.98. The van der Waals surface area contributed by atoms with E-state index in [1.807, 2.05) is 24.3 Å². The quantitative estimate of drug-likeness (QED) is 0.912. The Bertz CT molecular complexity index is 650. The van der Waals surface area contributed by atoms with Gasteiger partial charge in [0.15, 0.2) is 0 Å². The second kappa shape index (κ2) is 6.00. The first kappa shape index (κ1) is 14.3. The van der Waals surface area contributed by atoms with E-state index in [9.17, 15) is 9.90 Å². The molecule has 3 nitrogen and oxygen atoms in total. The molecule has 110 valence electrons. The summed E-state index contributed by atoms with van der Waals surface area (Å²) in [6, 6.07) is 11.8. The van der Waals surface area contributed by atoms with Crippen LogP contribution in [0, 0.1) is 6.92 Å². The molecule has 0 aliphatic heterocycles. The van der Waals surface area contributed by atoms with Crippen molar-refractivity contribution < 1.29 is 9.90 Å². The molecule has 1 amide bonds. The van der Waals surface area contributed by atoms with Crippen molar-refractivity contribution in [1.29, 1.82) is 0 Å². The standard InChI is InChI=1S/C17H19NO2S/c1-11-6-7-13(21-11)8-9-16(20)18-17-14-5-3-2-4-12(14)10-15(17)19/h2-7,15,17,19H,8-10H2,1H3,(H,18,20)/t15-,17+/m0/s1. The second-order valence-electron chi connectivity index (χ2n) is 5.53. The first-order chi connectivity index (χ1) is 10.1. The number of hydrogen-bond donors (Lipinski definition) is 2. The first-order valence-electron chi connectivity index (χ1n) is 7.24. The number of carbonyl (C=O) groups is 1. The zero-order valence-electron chi connectivity index (χ0n) is 12.0. The Kier molecular flexibility index (Phi) is 4.08. The number of amides is 1. The molecule has 0 unspecified atom stereocenters. The van der Waals surface area contributed by atoms with Gasteiger partial charge < -0.3 is 10.4 Å². The lowest BCUT2D eigenvalue weighted by molar-refractivity contribution is -0.122. The van der Waals surface area contributed by atoms with Crippen LogP contribution in [-0.4, -0.2) is 17.1 Å². The molecule has 2 aromatic rings. The van der Waals surface area contributed by atoms with Gasteiger partial charge in [-0.05, 0) is 36.6 Å². The number of thiophene rings is 1. The molecule has 0 saturated carbocycles. The van der Waals surface area contributed by atoms with Gasteiger partial charge in [-0.2, -0.15) is 0 Å². The van der Waals surface area contributed by atoms with Crippen LogP contribution in [-0.2, 0) is 17.6 Å². The molecule has 0 radical (unpaired) electrons.